The number of alkyl halides is 1. The highest BCUT2D eigenvalue weighted by atomic mass is 32.2. The van der Waals surface area contributed by atoms with Crippen LogP contribution in [0.15, 0.2) is 35.7 Å². The number of hydrogen-bond donors (Lipinski definition) is 2. The smallest absolute Gasteiger partial charge is 0.233 e. The third-order valence-electron chi connectivity index (χ3n) is 4.81. The van der Waals surface area contributed by atoms with Gasteiger partial charge in [0.15, 0.2) is 12.4 Å². The number of hydrogen-bond acceptors (Lipinski definition) is 9. The van der Waals surface area contributed by atoms with E-state index >= 15 is 0 Å². The first-order valence-electron chi connectivity index (χ1n) is 9.83. The van der Waals surface area contributed by atoms with E-state index in [1.165, 1.54) is 18.5 Å². The molecule has 0 aliphatic carbocycles. The van der Waals surface area contributed by atoms with E-state index in [0.29, 0.717) is 28.4 Å². The van der Waals surface area contributed by atoms with Gasteiger partial charge >= 0.3 is 0 Å². The summed E-state index contributed by atoms with van der Waals surface area (Å²) in [5, 5.41) is 2.07. The number of anilines is 2. The molecule has 3 atom stereocenters. The number of nitrogens with one attached hydrogen (secondary N) is 1. The average molecular weight is 471 g/mol. The van der Waals surface area contributed by atoms with Crippen LogP contribution >= 0.6 is 0 Å². The van der Waals surface area contributed by atoms with Crippen LogP contribution in [0.3, 0.4) is 0 Å². The lowest BCUT2D eigenvalue weighted by atomic mass is 10.1. The molecule has 0 aromatic carbocycles. The maximum atomic E-state index is 14.5. The van der Waals surface area contributed by atoms with Gasteiger partial charge in [0.2, 0.25) is 11.8 Å². The van der Waals surface area contributed by atoms with E-state index in [9.17, 15) is 13.0 Å². The van der Waals surface area contributed by atoms with Gasteiger partial charge in [-0.25, -0.2) is 24.3 Å². The Bertz CT molecular complexity index is 1310. The predicted molar refractivity (Wildman–Crippen MR) is 121 cm³/mol. The van der Waals surface area contributed by atoms with Gasteiger partial charge in [0.05, 0.1) is 35.4 Å². The van der Waals surface area contributed by atoms with Crippen molar-refractivity contribution in [3.05, 3.63) is 42.2 Å². The number of fused-ring (bicyclic) bond motifs is 1. The number of ether oxygens (including phenoxy) is 1. The normalized spacial score (nSPS) is 20.0. The molecule has 0 saturated heterocycles. The lowest BCUT2D eigenvalue weighted by molar-refractivity contribution is 0.355. The number of aliphatic imine (C=N–C) groups is 1. The van der Waals surface area contributed by atoms with Crippen LogP contribution in [0.1, 0.15) is 18.5 Å². The van der Waals surface area contributed by atoms with Crippen molar-refractivity contribution in [3.8, 4) is 17.7 Å². The lowest BCUT2D eigenvalue weighted by Crippen LogP contribution is -2.41. The molecule has 3 N–H and O–H groups in total. The molecule has 9 nitrogen and oxygen atoms in total. The number of halogens is 2. The monoisotopic (exact) mass is 471 g/mol. The molecular weight excluding hydrogens is 452 g/mol. The van der Waals surface area contributed by atoms with Gasteiger partial charge in [0.1, 0.15) is 23.3 Å². The number of rotatable bonds is 6. The lowest BCUT2D eigenvalue weighted by Gasteiger charge is -2.24. The minimum absolute atomic E-state index is 0.0550. The van der Waals surface area contributed by atoms with Crippen LogP contribution < -0.4 is 15.8 Å². The molecule has 12 heteroatoms. The van der Waals surface area contributed by atoms with E-state index in [0.717, 1.165) is 0 Å². The number of nitrogens with zero attached hydrogens (tertiary/aromatic N) is 5. The van der Waals surface area contributed by atoms with Crippen LogP contribution in [-0.2, 0) is 10.8 Å². The minimum Gasteiger partial charge on any atom is -0.463 e. The molecular formula is C21H19F2N7O2S. The summed E-state index contributed by atoms with van der Waals surface area (Å²) in [6, 6.07) is 2.32. The Morgan fingerprint density at radius 2 is 2.18 bits per heavy atom. The first-order valence-corrected chi connectivity index (χ1v) is 11.2. The first kappa shape index (κ1) is 22.5. The summed E-state index contributed by atoms with van der Waals surface area (Å²) in [6.07, 6.45) is 4.28. The Hall–Kier alpha value is -3.72. The number of nitrogens with two attached hydrogens (primary N) is 1. The van der Waals surface area contributed by atoms with E-state index in [4.69, 9.17) is 10.5 Å². The summed E-state index contributed by atoms with van der Waals surface area (Å²) in [4.78, 5) is 20.9. The number of aromatic nitrogens is 4. The van der Waals surface area contributed by atoms with Crippen molar-refractivity contribution in [2.45, 2.75) is 18.2 Å². The molecule has 1 aliphatic heterocycles. The number of amidine groups is 1. The van der Waals surface area contributed by atoms with Gasteiger partial charge in [0, 0.05) is 22.6 Å². The first-order chi connectivity index (χ1) is 16.0. The van der Waals surface area contributed by atoms with E-state index in [1.807, 2.05) is 0 Å². The molecule has 0 fully saturated rings. The van der Waals surface area contributed by atoms with Crippen LogP contribution in [0.5, 0.6) is 5.88 Å². The quantitative estimate of drug-likeness (QED) is 0.414. The molecule has 170 valence electrons. The largest absolute Gasteiger partial charge is 0.463 e. The summed E-state index contributed by atoms with van der Waals surface area (Å²) < 4.78 is 45.2. The van der Waals surface area contributed by atoms with E-state index < -0.39 is 34.7 Å². The van der Waals surface area contributed by atoms with Crippen LogP contribution in [0.25, 0.3) is 11.0 Å². The zero-order chi connectivity index (χ0) is 23.4. The highest BCUT2D eigenvalue weighted by Gasteiger charge is 2.32. The standard InChI is InChI=1S/C21H19F2N7O2S/c1-2-3-6-32-17-10-26-18-14(29-17)4-5-25-21(18)28-12-7-13(19(23)27-9-12)15-11-33(31)16(8-22)20(24)30-15/h4-5,7,9-10,15-16H,6,8,11H2,1H3,(H2,24,30)(H,25,28). The zero-order valence-electron chi connectivity index (χ0n) is 17.5. The molecule has 0 bridgehead atoms. The number of pyridine rings is 2. The molecule has 0 radical (unpaired) electrons. The zero-order valence-corrected chi connectivity index (χ0v) is 18.3. The fraction of sp³-hybridized carbons (Fsp3) is 0.286. The van der Waals surface area contributed by atoms with Crippen LogP contribution in [0.2, 0.25) is 0 Å². The molecule has 4 heterocycles. The second kappa shape index (κ2) is 9.83. The summed E-state index contributed by atoms with van der Waals surface area (Å²) in [5.41, 5.74) is 7.23. The Kier molecular flexibility index (Phi) is 6.69. The molecule has 3 aromatic rings. The molecule has 1 aliphatic rings. The summed E-state index contributed by atoms with van der Waals surface area (Å²) in [6.45, 7) is 1.02. The molecule has 4 rings (SSSR count). The highest BCUT2D eigenvalue weighted by Crippen LogP contribution is 2.29. The van der Waals surface area contributed by atoms with E-state index in [1.54, 1.807) is 19.2 Å². The molecule has 3 unspecified atom stereocenters. The predicted octanol–water partition coefficient (Wildman–Crippen LogP) is 2.20. The van der Waals surface area contributed by atoms with Crippen molar-refractivity contribution in [1.29, 1.82) is 0 Å². The molecule has 0 spiro atoms. The minimum atomic E-state index is -1.61. The highest BCUT2D eigenvalue weighted by molar-refractivity contribution is 7.86. The third-order valence-corrected chi connectivity index (χ3v) is 6.46. The summed E-state index contributed by atoms with van der Waals surface area (Å²) in [5.74, 6) is 5.27. The SMILES string of the molecule is CC#CCOc1cnc2c(Nc3cnc(F)c(C4CS(=O)C(CF)C(N)=N4)c3)nccc2n1. The van der Waals surface area contributed by atoms with Crippen molar-refractivity contribution in [3.63, 3.8) is 0 Å². The van der Waals surface area contributed by atoms with Gasteiger partial charge in [-0.2, -0.15) is 4.39 Å². The van der Waals surface area contributed by atoms with Crippen molar-refractivity contribution in [2.75, 3.05) is 24.4 Å². The van der Waals surface area contributed by atoms with Crippen molar-refractivity contribution >= 4 is 39.2 Å². The van der Waals surface area contributed by atoms with Gasteiger partial charge in [-0.1, -0.05) is 5.92 Å². The van der Waals surface area contributed by atoms with Crippen LogP contribution in [-0.4, -0.2) is 54.3 Å². The topological polar surface area (TPSA) is 128 Å². The maximum absolute atomic E-state index is 14.5. The van der Waals surface area contributed by atoms with Crippen LogP contribution in [0.4, 0.5) is 20.3 Å². The summed E-state index contributed by atoms with van der Waals surface area (Å²) in [7, 11) is -1.61. The third kappa shape index (κ3) is 4.88. The van der Waals surface area contributed by atoms with Crippen LogP contribution in [0, 0.1) is 17.8 Å². The maximum Gasteiger partial charge on any atom is 0.233 e. The van der Waals surface area contributed by atoms with Crippen molar-refractivity contribution in [2.24, 2.45) is 10.7 Å². The van der Waals surface area contributed by atoms with Gasteiger partial charge in [0.25, 0.3) is 0 Å². The Morgan fingerprint density at radius 3 is 2.94 bits per heavy atom. The van der Waals surface area contributed by atoms with Crippen molar-refractivity contribution < 1.29 is 17.7 Å². The van der Waals surface area contributed by atoms with Gasteiger partial charge in [-0.05, 0) is 19.1 Å². The molecule has 0 saturated carbocycles. The second-order valence-corrected chi connectivity index (χ2v) is 8.60. The van der Waals surface area contributed by atoms with E-state index in [-0.39, 0.29) is 23.8 Å². The van der Waals surface area contributed by atoms with Crippen molar-refractivity contribution in [1.82, 2.24) is 19.9 Å². The van der Waals surface area contributed by atoms with Gasteiger partial charge < -0.3 is 15.8 Å². The molecule has 33 heavy (non-hydrogen) atoms. The Morgan fingerprint density at radius 1 is 1.33 bits per heavy atom. The molecule has 0 amide bonds. The fourth-order valence-electron chi connectivity index (χ4n) is 3.19. The second-order valence-electron chi connectivity index (χ2n) is 6.94. The fourth-order valence-corrected chi connectivity index (χ4v) is 4.46. The average Bonchev–Trinajstić information content (AvgIpc) is 2.80. The van der Waals surface area contributed by atoms with Gasteiger partial charge in [-0.15, -0.1) is 5.92 Å². The van der Waals surface area contributed by atoms with E-state index in [2.05, 4.69) is 42.1 Å². The Balaban J connectivity index is 1.62. The molecule has 3 aromatic heterocycles. The Labute approximate surface area is 190 Å². The van der Waals surface area contributed by atoms with Gasteiger partial charge in [-0.3, -0.25) is 9.20 Å². The summed E-state index contributed by atoms with van der Waals surface area (Å²) >= 11 is 0.